The first kappa shape index (κ1) is 9.10. The van der Waals surface area contributed by atoms with Crippen LogP contribution in [0.4, 0.5) is 0 Å². The highest BCUT2D eigenvalue weighted by atomic mass is 32.2. The molecular formula is C11H14OS. The van der Waals surface area contributed by atoms with Crippen molar-refractivity contribution in [3.8, 4) is 0 Å². The molecule has 1 aromatic carbocycles. The maximum Gasteiger partial charge on any atom is 0.105 e. The standard InChI is InChI=1S/C11H14OS/c1-2-12-11-8-10(13-11)9-6-4-3-5-7-9/h3-7,10-11H,2,8H2,1H3/t10-,11+/m1/s1. The topological polar surface area (TPSA) is 9.23 Å². The van der Waals surface area contributed by atoms with Crippen LogP contribution in [0.15, 0.2) is 30.3 Å². The van der Waals surface area contributed by atoms with Crippen molar-refractivity contribution < 1.29 is 4.74 Å². The molecule has 13 heavy (non-hydrogen) atoms. The molecule has 2 rings (SSSR count). The number of benzene rings is 1. The minimum absolute atomic E-state index is 0.440. The third-order valence-electron chi connectivity index (χ3n) is 2.25. The zero-order chi connectivity index (χ0) is 9.10. The average molecular weight is 194 g/mol. The Hall–Kier alpha value is -0.470. The van der Waals surface area contributed by atoms with Crippen molar-refractivity contribution in [3.05, 3.63) is 35.9 Å². The third kappa shape index (κ3) is 2.06. The summed E-state index contributed by atoms with van der Waals surface area (Å²) in [5.74, 6) is 0. The quantitative estimate of drug-likeness (QED) is 0.730. The van der Waals surface area contributed by atoms with Crippen molar-refractivity contribution in [1.82, 2.24) is 0 Å². The summed E-state index contributed by atoms with van der Waals surface area (Å²) in [6, 6.07) is 10.7. The van der Waals surface area contributed by atoms with Crippen LogP contribution in [0.2, 0.25) is 0 Å². The van der Waals surface area contributed by atoms with E-state index in [2.05, 4.69) is 37.3 Å². The van der Waals surface area contributed by atoms with Crippen LogP contribution < -0.4 is 0 Å². The molecule has 1 aliphatic rings. The van der Waals surface area contributed by atoms with E-state index < -0.39 is 0 Å². The van der Waals surface area contributed by atoms with E-state index in [4.69, 9.17) is 4.74 Å². The summed E-state index contributed by atoms with van der Waals surface area (Å²) in [7, 11) is 0. The van der Waals surface area contributed by atoms with E-state index in [9.17, 15) is 0 Å². The predicted octanol–water partition coefficient (Wildman–Crippen LogP) is 3.23. The highest BCUT2D eigenvalue weighted by Gasteiger charge is 2.31. The molecule has 0 spiro atoms. The summed E-state index contributed by atoms with van der Waals surface area (Å²) in [6.45, 7) is 2.88. The van der Waals surface area contributed by atoms with Crippen LogP contribution in [0.5, 0.6) is 0 Å². The van der Waals surface area contributed by atoms with Crippen LogP contribution in [-0.2, 0) is 4.74 Å². The molecule has 1 nitrogen and oxygen atoms in total. The van der Waals surface area contributed by atoms with Crippen molar-refractivity contribution >= 4 is 11.8 Å². The second-order valence-corrected chi connectivity index (χ2v) is 4.52. The highest BCUT2D eigenvalue weighted by molar-refractivity contribution is 8.01. The fraction of sp³-hybridized carbons (Fsp3) is 0.455. The minimum Gasteiger partial charge on any atom is -0.368 e. The number of rotatable bonds is 3. The second kappa shape index (κ2) is 4.16. The van der Waals surface area contributed by atoms with Crippen LogP contribution in [0.25, 0.3) is 0 Å². The van der Waals surface area contributed by atoms with Gasteiger partial charge in [-0.3, -0.25) is 0 Å². The summed E-state index contributed by atoms with van der Waals surface area (Å²) in [6.07, 6.45) is 1.17. The summed E-state index contributed by atoms with van der Waals surface area (Å²) in [5.41, 5.74) is 1.87. The molecule has 0 unspecified atom stereocenters. The van der Waals surface area contributed by atoms with Gasteiger partial charge in [0.15, 0.2) is 0 Å². The molecule has 0 aromatic heterocycles. The number of hydrogen-bond donors (Lipinski definition) is 0. The maximum atomic E-state index is 5.49. The van der Waals surface area contributed by atoms with E-state index in [0.29, 0.717) is 10.7 Å². The fourth-order valence-electron chi connectivity index (χ4n) is 1.52. The van der Waals surface area contributed by atoms with E-state index in [1.54, 1.807) is 0 Å². The molecule has 0 N–H and O–H groups in total. The lowest BCUT2D eigenvalue weighted by Crippen LogP contribution is -2.23. The molecule has 2 atom stereocenters. The van der Waals surface area contributed by atoms with Crippen molar-refractivity contribution in [3.63, 3.8) is 0 Å². The van der Waals surface area contributed by atoms with Gasteiger partial charge < -0.3 is 4.74 Å². The van der Waals surface area contributed by atoms with Crippen molar-refractivity contribution in [2.45, 2.75) is 24.0 Å². The smallest absolute Gasteiger partial charge is 0.105 e. The van der Waals surface area contributed by atoms with Crippen LogP contribution >= 0.6 is 11.8 Å². The molecule has 0 amide bonds. The first-order valence-corrected chi connectivity index (χ1v) is 5.66. The van der Waals surface area contributed by atoms with E-state index in [-0.39, 0.29) is 0 Å². The lowest BCUT2D eigenvalue weighted by atomic mass is 10.1. The van der Waals surface area contributed by atoms with Crippen molar-refractivity contribution in [2.24, 2.45) is 0 Å². The van der Waals surface area contributed by atoms with Crippen LogP contribution in [0, 0.1) is 0 Å². The van der Waals surface area contributed by atoms with Crippen molar-refractivity contribution in [1.29, 1.82) is 0 Å². The average Bonchev–Trinajstić information content (AvgIpc) is 2.12. The monoisotopic (exact) mass is 194 g/mol. The number of ether oxygens (including phenoxy) is 1. The van der Waals surface area contributed by atoms with Gasteiger partial charge in [0, 0.05) is 11.9 Å². The van der Waals surface area contributed by atoms with E-state index >= 15 is 0 Å². The van der Waals surface area contributed by atoms with Gasteiger partial charge in [0.05, 0.1) is 0 Å². The molecule has 0 aliphatic carbocycles. The molecular weight excluding hydrogens is 180 g/mol. The zero-order valence-electron chi connectivity index (χ0n) is 7.77. The van der Waals surface area contributed by atoms with E-state index in [1.807, 2.05) is 11.8 Å². The SMILES string of the molecule is CCO[C@@H]1C[C@H](c2ccccc2)S1. The Labute approximate surface area is 83.5 Å². The van der Waals surface area contributed by atoms with Crippen LogP contribution in [0.1, 0.15) is 24.2 Å². The van der Waals surface area contributed by atoms with Gasteiger partial charge in [0.2, 0.25) is 0 Å². The van der Waals surface area contributed by atoms with Gasteiger partial charge in [-0.1, -0.05) is 30.3 Å². The zero-order valence-corrected chi connectivity index (χ0v) is 8.59. The molecule has 1 aliphatic heterocycles. The van der Waals surface area contributed by atoms with Crippen molar-refractivity contribution in [2.75, 3.05) is 6.61 Å². The summed E-state index contributed by atoms with van der Waals surface area (Å²) in [4.78, 5) is 0. The third-order valence-corrected chi connectivity index (χ3v) is 3.67. The van der Waals surface area contributed by atoms with Gasteiger partial charge in [-0.15, -0.1) is 11.8 Å². The number of thioether (sulfide) groups is 1. The van der Waals surface area contributed by atoms with E-state index in [1.165, 1.54) is 12.0 Å². The second-order valence-electron chi connectivity index (χ2n) is 3.16. The Morgan fingerprint density at radius 3 is 2.69 bits per heavy atom. The van der Waals surface area contributed by atoms with Crippen LogP contribution in [-0.4, -0.2) is 12.0 Å². The molecule has 1 fully saturated rings. The lowest BCUT2D eigenvalue weighted by molar-refractivity contribution is 0.106. The van der Waals surface area contributed by atoms with Gasteiger partial charge in [-0.05, 0) is 18.9 Å². The maximum absolute atomic E-state index is 5.49. The van der Waals surface area contributed by atoms with Gasteiger partial charge in [0.1, 0.15) is 5.44 Å². The Bertz CT molecular complexity index is 254. The molecule has 1 heterocycles. The van der Waals surface area contributed by atoms with Gasteiger partial charge in [0.25, 0.3) is 0 Å². The van der Waals surface area contributed by atoms with Gasteiger partial charge in [-0.25, -0.2) is 0 Å². The molecule has 1 aromatic rings. The first-order valence-electron chi connectivity index (χ1n) is 4.72. The number of hydrogen-bond acceptors (Lipinski definition) is 2. The van der Waals surface area contributed by atoms with E-state index in [0.717, 1.165) is 6.61 Å². The summed E-state index contributed by atoms with van der Waals surface area (Å²) in [5, 5.41) is 0.665. The van der Waals surface area contributed by atoms with Gasteiger partial charge >= 0.3 is 0 Å². The summed E-state index contributed by atoms with van der Waals surface area (Å²) >= 11 is 1.93. The lowest BCUT2D eigenvalue weighted by Gasteiger charge is -2.34. The Morgan fingerprint density at radius 2 is 2.08 bits per heavy atom. The first-order chi connectivity index (χ1) is 6.40. The largest absolute Gasteiger partial charge is 0.368 e. The molecule has 0 saturated carbocycles. The molecule has 0 radical (unpaired) electrons. The molecule has 2 heteroatoms. The summed E-state index contributed by atoms with van der Waals surface area (Å²) < 4.78 is 5.49. The predicted molar refractivity (Wildman–Crippen MR) is 56.8 cm³/mol. The Kier molecular flexibility index (Phi) is 2.91. The highest BCUT2D eigenvalue weighted by Crippen LogP contribution is 2.48. The molecule has 70 valence electrons. The normalized spacial score (nSPS) is 26.8. The minimum atomic E-state index is 0.440. The van der Waals surface area contributed by atoms with Crippen LogP contribution in [0.3, 0.4) is 0 Å². The fourth-order valence-corrected chi connectivity index (χ4v) is 2.65. The van der Waals surface area contributed by atoms with Gasteiger partial charge in [-0.2, -0.15) is 0 Å². The Balaban J connectivity index is 1.87. The molecule has 1 saturated heterocycles. The Morgan fingerprint density at radius 1 is 1.38 bits per heavy atom. The molecule has 0 bridgehead atoms.